The van der Waals surface area contributed by atoms with Gasteiger partial charge >= 0.3 is 0 Å². The highest BCUT2D eigenvalue weighted by Gasteiger charge is 2.13. The van der Waals surface area contributed by atoms with Crippen LogP contribution in [0.1, 0.15) is 21.6 Å². The number of hydrogen-bond donors (Lipinski definition) is 1. The molecular formula is C18H14Cl2N4O3. The second kappa shape index (κ2) is 7.77. The quantitative estimate of drug-likeness (QED) is 0.492. The summed E-state index contributed by atoms with van der Waals surface area (Å²) in [5.74, 6) is -0.0278. The Bertz CT molecular complexity index is 1020. The number of benzene rings is 2. The van der Waals surface area contributed by atoms with Gasteiger partial charge in [-0.25, -0.2) is 0 Å². The summed E-state index contributed by atoms with van der Waals surface area (Å²) in [6.07, 6.45) is 0. The standard InChI is InChI=1S/C18H14Cl2N4O3/c1-11-8-17(21-18(25)12-3-6-15(7-4-12)24(26)27)22-23(11)10-13-2-5-14(19)9-16(13)20/h2-9H,10H2,1H3,(H,21,22,25). The number of aryl methyl sites for hydroxylation is 1. The molecule has 0 fully saturated rings. The van der Waals surface area contributed by atoms with E-state index in [9.17, 15) is 14.9 Å². The molecule has 0 unspecified atom stereocenters. The van der Waals surface area contributed by atoms with E-state index in [4.69, 9.17) is 23.2 Å². The minimum Gasteiger partial charge on any atom is -0.305 e. The minimum atomic E-state index is -0.519. The van der Waals surface area contributed by atoms with Crippen molar-refractivity contribution < 1.29 is 9.72 Å². The number of amides is 1. The Morgan fingerprint density at radius 1 is 1.19 bits per heavy atom. The van der Waals surface area contributed by atoms with E-state index in [1.165, 1.54) is 24.3 Å². The number of hydrogen-bond acceptors (Lipinski definition) is 4. The number of aromatic nitrogens is 2. The van der Waals surface area contributed by atoms with Crippen LogP contribution in [0, 0.1) is 17.0 Å². The van der Waals surface area contributed by atoms with E-state index in [0.29, 0.717) is 28.0 Å². The molecule has 0 saturated heterocycles. The van der Waals surface area contributed by atoms with Gasteiger partial charge in [0.2, 0.25) is 0 Å². The van der Waals surface area contributed by atoms with Crippen molar-refractivity contribution in [3.05, 3.63) is 85.5 Å². The Kier molecular flexibility index (Phi) is 5.43. The van der Waals surface area contributed by atoms with E-state index in [-0.39, 0.29) is 5.69 Å². The van der Waals surface area contributed by atoms with Crippen LogP contribution >= 0.6 is 23.2 Å². The highest BCUT2D eigenvalue weighted by atomic mass is 35.5. The summed E-state index contributed by atoms with van der Waals surface area (Å²) < 4.78 is 1.71. The molecule has 27 heavy (non-hydrogen) atoms. The van der Waals surface area contributed by atoms with Crippen LogP contribution in [0.15, 0.2) is 48.5 Å². The van der Waals surface area contributed by atoms with Crippen LogP contribution in [-0.2, 0) is 6.54 Å². The summed E-state index contributed by atoms with van der Waals surface area (Å²) in [6, 6.07) is 12.3. The summed E-state index contributed by atoms with van der Waals surface area (Å²) >= 11 is 12.1. The molecule has 2 aromatic carbocycles. The Morgan fingerprint density at radius 2 is 1.89 bits per heavy atom. The fraction of sp³-hybridized carbons (Fsp3) is 0.111. The number of nitrogens with zero attached hydrogens (tertiary/aromatic N) is 3. The van der Waals surface area contributed by atoms with Gasteiger partial charge in [0.25, 0.3) is 11.6 Å². The molecule has 0 bridgehead atoms. The van der Waals surface area contributed by atoms with Crippen LogP contribution < -0.4 is 5.32 Å². The fourth-order valence-electron chi connectivity index (χ4n) is 2.47. The molecule has 1 N–H and O–H groups in total. The monoisotopic (exact) mass is 404 g/mol. The highest BCUT2D eigenvalue weighted by molar-refractivity contribution is 6.35. The maximum atomic E-state index is 12.3. The first kappa shape index (κ1) is 18.9. The molecule has 1 amide bonds. The second-order valence-electron chi connectivity index (χ2n) is 5.82. The van der Waals surface area contributed by atoms with Crippen molar-refractivity contribution in [2.75, 3.05) is 5.32 Å². The van der Waals surface area contributed by atoms with Crippen LogP contribution in [0.25, 0.3) is 0 Å². The molecule has 0 saturated carbocycles. The lowest BCUT2D eigenvalue weighted by Crippen LogP contribution is -2.13. The predicted molar refractivity (Wildman–Crippen MR) is 104 cm³/mol. The zero-order chi connectivity index (χ0) is 19.6. The Balaban J connectivity index is 1.74. The molecule has 0 atom stereocenters. The van der Waals surface area contributed by atoms with Gasteiger partial charge < -0.3 is 5.32 Å². The van der Waals surface area contributed by atoms with Crippen LogP contribution in [0.3, 0.4) is 0 Å². The van der Waals surface area contributed by atoms with Crippen molar-refractivity contribution in [1.82, 2.24) is 9.78 Å². The van der Waals surface area contributed by atoms with Gasteiger partial charge in [0.1, 0.15) is 0 Å². The third-order valence-corrected chi connectivity index (χ3v) is 4.49. The normalized spacial score (nSPS) is 10.6. The molecule has 0 radical (unpaired) electrons. The summed E-state index contributed by atoms with van der Waals surface area (Å²) in [5.41, 5.74) is 1.90. The topological polar surface area (TPSA) is 90.1 Å². The van der Waals surface area contributed by atoms with E-state index in [1.807, 2.05) is 13.0 Å². The number of nitro groups is 1. The second-order valence-corrected chi connectivity index (χ2v) is 6.67. The molecule has 3 rings (SSSR count). The molecule has 1 aromatic heterocycles. The number of non-ortho nitro benzene ring substituents is 1. The van der Waals surface area contributed by atoms with Gasteiger partial charge in [-0.2, -0.15) is 5.10 Å². The molecule has 0 aliphatic rings. The Hall–Kier alpha value is -2.90. The average molecular weight is 405 g/mol. The summed E-state index contributed by atoms with van der Waals surface area (Å²) in [5, 5.41) is 18.8. The van der Waals surface area contributed by atoms with E-state index in [0.717, 1.165) is 11.3 Å². The first-order valence-electron chi connectivity index (χ1n) is 7.87. The van der Waals surface area contributed by atoms with Gasteiger partial charge in [0.15, 0.2) is 5.82 Å². The molecule has 0 aliphatic carbocycles. The number of nitro benzene ring substituents is 1. The van der Waals surface area contributed by atoms with Gasteiger partial charge in [-0.05, 0) is 36.8 Å². The lowest BCUT2D eigenvalue weighted by atomic mass is 10.2. The van der Waals surface area contributed by atoms with Gasteiger partial charge in [0, 0.05) is 39.5 Å². The van der Waals surface area contributed by atoms with Gasteiger partial charge in [-0.3, -0.25) is 19.6 Å². The maximum Gasteiger partial charge on any atom is 0.269 e. The Morgan fingerprint density at radius 3 is 2.52 bits per heavy atom. The van der Waals surface area contributed by atoms with Gasteiger partial charge in [-0.1, -0.05) is 29.3 Å². The van der Waals surface area contributed by atoms with Crippen LogP contribution in [0.2, 0.25) is 10.0 Å². The van der Waals surface area contributed by atoms with Crippen molar-refractivity contribution in [2.24, 2.45) is 0 Å². The van der Waals surface area contributed by atoms with Crippen molar-refractivity contribution in [1.29, 1.82) is 0 Å². The average Bonchev–Trinajstić information content (AvgIpc) is 2.96. The predicted octanol–water partition coefficient (Wildman–Crippen LogP) is 4.71. The molecule has 7 nitrogen and oxygen atoms in total. The number of nitrogens with one attached hydrogen (secondary N) is 1. The highest BCUT2D eigenvalue weighted by Crippen LogP contribution is 2.23. The molecule has 138 valence electrons. The van der Waals surface area contributed by atoms with Crippen molar-refractivity contribution >= 4 is 40.6 Å². The third kappa shape index (κ3) is 4.45. The number of rotatable bonds is 5. The maximum absolute atomic E-state index is 12.3. The van der Waals surface area contributed by atoms with Gasteiger partial charge in [-0.15, -0.1) is 0 Å². The van der Waals surface area contributed by atoms with Crippen LogP contribution in [0.5, 0.6) is 0 Å². The summed E-state index contributed by atoms with van der Waals surface area (Å²) in [7, 11) is 0. The molecule has 1 heterocycles. The zero-order valence-corrected chi connectivity index (χ0v) is 15.7. The number of carbonyl (C=O) groups excluding carboxylic acids is 1. The van der Waals surface area contributed by atoms with E-state index >= 15 is 0 Å². The number of carbonyl (C=O) groups is 1. The molecule has 0 spiro atoms. The SMILES string of the molecule is Cc1cc(NC(=O)c2ccc([N+](=O)[O-])cc2)nn1Cc1ccc(Cl)cc1Cl. The third-order valence-electron chi connectivity index (χ3n) is 3.90. The minimum absolute atomic E-state index is 0.0773. The molecule has 3 aromatic rings. The first-order chi connectivity index (χ1) is 12.8. The fourth-order valence-corrected chi connectivity index (χ4v) is 2.93. The summed E-state index contributed by atoms with van der Waals surface area (Å²) in [6.45, 7) is 2.29. The van der Waals surface area contributed by atoms with Crippen LogP contribution in [-0.4, -0.2) is 20.6 Å². The van der Waals surface area contributed by atoms with Crippen molar-refractivity contribution in [3.63, 3.8) is 0 Å². The van der Waals surface area contributed by atoms with E-state index < -0.39 is 10.8 Å². The number of halogens is 2. The summed E-state index contributed by atoms with van der Waals surface area (Å²) in [4.78, 5) is 22.5. The lowest BCUT2D eigenvalue weighted by Gasteiger charge is -2.07. The lowest BCUT2D eigenvalue weighted by molar-refractivity contribution is -0.384. The van der Waals surface area contributed by atoms with Crippen molar-refractivity contribution in [2.45, 2.75) is 13.5 Å². The molecule has 0 aliphatic heterocycles. The first-order valence-corrected chi connectivity index (χ1v) is 8.63. The number of anilines is 1. The largest absolute Gasteiger partial charge is 0.305 e. The van der Waals surface area contributed by atoms with Crippen LogP contribution in [0.4, 0.5) is 11.5 Å². The van der Waals surface area contributed by atoms with Gasteiger partial charge in [0.05, 0.1) is 11.5 Å². The van der Waals surface area contributed by atoms with E-state index in [2.05, 4.69) is 10.4 Å². The molecular weight excluding hydrogens is 391 g/mol. The smallest absolute Gasteiger partial charge is 0.269 e. The zero-order valence-electron chi connectivity index (χ0n) is 14.1. The Labute approximate surface area is 164 Å². The van der Waals surface area contributed by atoms with Crippen molar-refractivity contribution in [3.8, 4) is 0 Å². The molecule has 9 heteroatoms. The van der Waals surface area contributed by atoms with E-state index in [1.54, 1.807) is 22.9 Å².